The predicted molar refractivity (Wildman–Crippen MR) is 131 cm³/mol. The molecule has 2 saturated heterocycles. The maximum Gasteiger partial charge on any atom is 0.240 e. The number of benzene rings is 2. The van der Waals surface area contributed by atoms with Crippen LogP contribution in [0, 0.1) is 5.41 Å². The fourth-order valence-electron chi connectivity index (χ4n) is 2.30. The molecule has 0 amide bonds. The van der Waals surface area contributed by atoms with Gasteiger partial charge in [-0.1, -0.05) is 31.2 Å². The number of rotatable bonds is 8. The molecule has 0 bridgehead atoms. The monoisotopic (exact) mass is 486 g/mol. The Hall–Kier alpha value is -3.00. The van der Waals surface area contributed by atoms with E-state index in [1.807, 2.05) is 31.2 Å². The minimum absolute atomic E-state index is 0.156. The lowest BCUT2D eigenvalue weighted by Crippen LogP contribution is -2.32. The summed E-state index contributed by atoms with van der Waals surface area (Å²) in [4.78, 5) is 27.3. The van der Waals surface area contributed by atoms with Crippen molar-refractivity contribution in [2.24, 2.45) is 15.4 Å². The van der Waals surface area contributed by atoms with Gasteiger partial charge in [0.1, 0.15) is 0 Å². The zero-order valence-electron chi connectivity index (χ0n) is 20.2. The first kappa shape index (κ1) is 30.0. The normalized spacial score (nSPS) is 14.7. The standard InChI is InChI=1S/C15H10N2O2.C6H14O3.C3H6O.C2H4O/c18-10-16-14-5-1-12(2-6-14)9-13-3-7-15(8-4-13)17-11-19;1-2-6(3-7,4-8)5-9;1-3-2-4-3;1-2-3-1/h1-8H,9H2;7-9H,2-5H2,1H3;3H,2H2,1H3;1-2H2. The van der Waals surface area contributed by atoms with Crippen molar-refractivity contribution in [1.29, 1.82) is 0 Å². The van der Waals surface area contributed by atoms with Gasteiger partial charge in [0, 0.05) is 5.41 Å². The van der Waals surface area contributed by atoms with Crippen LogP contribution in [0.4, 0.5) is 11.4 Å². The molecular formula is C26H34N2O7. The summed E-state index contributed by atoms with van der Waals surface area (Å²) >= 11 is 0. The van der Waals surface area contributed by atoms with Gasteiger partial charge in [0.25, 0.3) is 0 Å². The Morgan fingerprint density at radius 3 is 1.37 bits per heavy atom. The molecule has 2 aliphatic heterocycles. The zero-order chi connectivity index (χ0) is 25.9. The molecule has 0 radical (unpaired) electrons. The Kier molecular flexibility index (Phi) is 15.0. The first-order valence-corrected chi connectivity index (χ1v) is 11.3. The SMILES string of the molecule is C1CO1.CC1CO1.CCC(CO)(CO)CO.O=C=Nc1ccc(Cc2ccc(N=C=O)cc2)cc1. The summed E-state index contributed by atoms with van der Waals surface area (Å²) in [6.07, 6.45) is 4.95. The molecule has 2 heterocycles. The molecule has 2 fully saturated rings. The second-order valence-corrected chi connectivity index (χ2v) is 8.00. The van der Waals surface area contributed by atoms with Gasteiger partial charge in [-0.2, -0.15) is 9.98 Å². The first-order chi connectivity index (χ1) is 16.9. The molecule has 1 atom stereocenters. The fourth-order valence-corrected chi connectivity index (χ4v) is 2.30. The third kappa shape index (κ3) is 14.1. The third-order valence-electron chi connectivity index (χ3n) is 5.09. The van der Waals surface area contributed by atoms with E-state index in [0.29, 0.717) is 23.9 Å². The predicted octanol–water partition coefficient (Wildman–Crippen LogP) is 2.99. The van der Waals surface area contributed by atoms with Gasteiger partial charge in [0.2, 0.25) is 12.2 Å². The van der Waals surface area contributed by atoms with Gasteiger partial charge < -0.3 is 24.8 Å². The molecule has 2 aliphatic rings. The molecule has 9 nitrogen and oxygen atoms in total. The van der Waals surface area contributed by atoms with Crippen molar-refractivity contribution in [3.63, 3.8) is 0 Å². The van der Waals surface area contributed by atoms with E-state index in [-0.39, 0.29) is 19.8 Å². The van der Waals surface area contributed by atoms with E-state index >= 15 is 0 Å². The van der Waals surface area contributed by atoms with E-state index in [9.17, 15) is 9.59 Å². The van der Waals surface area contributed by atoms with Crippen LogP contribution in [0.5, 0.6) is 0 Å². The largest absolute Gasteiger partial charge is 0.396 e. The Labute approximate surface area is 205 Å². The molecular weight excluding hydrogens is 452 g/mol. The number of hydrogen-bond acceptors (Lipinski definition) is 9. The topological polar surface area (TPSA) is 145 Å². The lowest BCUT2D eigenvalue weighted by atomic mass is 9.88. The molecule has 2 aromatic rings. The molecule has 35 heavy (non-hydrogen) atoms. The number of aliphatic imine (C=N–C) groups is 2. The molecule has 2 aromatic carbocycles. The van der Waals surface area contributed by atoms with Crippen molar-refractivity contribution >= 4 is 23.5 Å². The highest BCUT2D eigenvalue weighted by atomic mass is 16.6. The van der Waals surface area contributed by atoms with Crippen molar-refractivity contribution in [2.45, 2.75) is 32.8 Å². The molecule has 9 heteroatoms. The van der Waals surface area contributed by atoms with Gasteiger partial charge in [0.05, 0.1) is 57.1 Å². The molecule has 190 valence electrons. The lowest BCUT2D eigenvalue weighted by molar-refractivity contribution is 0.00304. The van der Waals surface area contributed by atoms with Crippen LogP contribution >= 0.6 is 0 Å². The van der Waals surface area contributed by atoms with Crippen molar-refractivity contribution < 1.29 is 34.4 Å². The van der Waals surface area contributed by atoms with Crippen molar-refractivity contribution in [2.75, 3.05) is 39.6 Å². The fraction of sp³-hybridized carbons (Fsp3) is 0.462. The molecule has 0 aromatic heterocycles. The van der Waals surface area contributed by atoms with Crippen LogP contribution in [-0.4, -0.2) is 73.2 Å². The first-order valence-electron chi connectivity index (χ1n) is 11.3. The molecule has 1 unspecified atom stereocenters. The van der Waals surface area contributed by atoms with Crippen LogP contribution in [-0.2, 0) is 25.5 Å². The number of isocyanates is 2. The van der Waals surface area contributed by atoms with Gasteiger partial charge in [-0.3, -0.25) is 0 Å². The van der Waals surface area contributed by atoms with Crippen LogP contribution in [0.15, 0.2) is 58.5 Å². The van der Waals surface area contributed by atoms with Gasteiger partial charge in [-0.05, 0) is 55.2 Å². The van der Waals surface area contributed by atoms with E-state index in [4.69, 9.17) is 20.1 Å². The van der Waals surface area contributed by atoms with E-state index < -0.39 is 5.41 Å². The van der Waals surface area contributed by atoms with Crippen LogP contribution in [0.1, 0.15) is 31.4 Å². The highest BCUT2D eigenvalue weighted by Crippen LogP contribution is 2.19. The average molecular weight is 487 g/mol. The van der Waals surface area contributed by atoms with Crippen LogP contribution in [0.25, 0.3) is 0 Å². The molecule has 4 rings (SSSR count). The number of ether oxygens (including phenoxy) is 2. The van der Waals surface area contributed by atoms with Gasteiger partial charge in [0.15, 0.2) is 0 Å². The number of aliphatic hydroxyl groups excluding tert-OH is 3. The summed E-state index contributed by atoms with van der Waals surface area (Å²) in [6, 6.07) is 14.7. The number of epoxide rings is 2. The second-order valence-electron chi connectivity index (χ2n) is 8.00. The molecule has 3 N–H and O–H groups in total. The number of carbonyl (C=O) groups excluding carboxylic acids is 2. The summed E-state index contributed by atoms with van der Waals surface area (Å²) in [5.41, 5.74) is 2.73. The summed E-state index contributed by atoms with van der Waals surface area (Å²) in [6.45, 7) is 6.40. The Morgan fingerprint density at radius 1 is 0.857 bits per heavy atom. The summed E-state index contributed by atoms with van der Waals surface area (Å²) in [5.74, 6) is 0. The lowest BCUT2D eigenvalue weighted by Gasteiger charge is -2.24. The molecule has 0 aliphatic carbocycles. The van der Waals surface area contributed by atoms with Gasteiger partial charge in [-0.15, -0.1) is 0 Å². The van der Waals surface area contributed by atoms with Crippen molar-refractivity contribution in [1.82, 2.24) is 0 Å². The Morgan fingerprint density at radius 2 is 1.20 bits per heavy atom. The van der Waals surface area contributed by atoms with E-state index in [1.165, 1.54) is 12.2 Å². The summed E-state index contributed by atoms with van der Waals surface area (Å²) < 4.78 is 9.21. The van der Waals surface area contributed by atoms with Gasteiger partial charge in [-0.25, -0.2) is 9.59 Å². The Bertz CT molecular complexity index is 845. The van der Waals surface area contributed by atoms with E-state index in [2.05, 4.69) is 21.6 Å². The maximum absolute atomic E-state index is 10.1. The number of nitrogens with zero attached hydrogens (tertiary/aromatic N) is 2. The third-order valence-corrected chi connectivity index (χ3v) is 5.09. The minimum Gasteiger partial charge on any atom is -0.396 e. The van der Waals surface area contributed by atoms with E-state index in [0.717, 1.165) is 37.4 Å². The number of aliphatic hydroxyl groups is 3. The van der Waals surface area contributed by atoms with Crippen LogP contribution in [0.3, 0.4) is 0 Å². The van der Waals surface area contributed by atoms with E-state index in [1.54, 1.807) is 24.3 Å². The zero-order valence-corrected chi connectivity index (χ0v) is 20.2. The molecule has 0 saturated carbocycles. The van der Waals surface area contributed by atoms with Crippen LogP contribution < -0.4 is 0 Å². The molecule has 0 spiro atoms. The maximum atomic E-state index is 10.1. The average Bonchev–Trinajstić information content (AvgIpc) is 3.81. The minimum atomic E-state index is -0.667. The highest BCUT2D eigenvalue weighted by molar-refractivity contribution is 5.51. The van der Waals surface area contributed by atoms with Crippen molar-refractivity contribution in [3.05, 3.63) is 59.7 Å². The summed E-state index contributed by atoms with van der Waals surface area (Å²) in [7, 11) is 0. The number of hydrogen-bond donors (Lipinski definition) is 3. The quantitative estimate of drug-likeness (QED) is 0.295. The Balaban J connectivity index is 0.000000312. The van der Waals surface area contributed by atoms with Crippen molar-refractivity contribution in [3.8, 4) is 0 Å². The summed E-state index contributed by atoms with van der Waals surface area (Å²) in [5, 5.41) is 26.0. The smallest absolute Gasteiger partial charge is 0.240 e. The van der Waals surface area contributed by atoms with Crippen LogP contribution in [0.2, 0.25) is 0 Å². The highest BCUT2D eigenvalue weighted by Gasteiger charge is 2.24. The second kappa shape index (κ2) is 17.4. The van der Waals surface area contributed by atoms with Gasteiger partial charge >= 0.3 is 0 Å².